The highest BCUT2D eigenvalue weighted by Gasteiger charge is 2.17. The van der Waals surface area contributed by atoms with Gasteiger partial charge in [-0.2, -0.15) is 0 Å². The van der Waals surface area contributed by atoms with Gasteiger partial charge >= 0.3 is 0 Å². The summed E-state index contributed by atoms with van der Waals surface area (Å²) in [4.78, 5) is 11.6. The molecule has 0 heterocycles. The Morgan fingerprint density at radius 2 is 2.12 bits per heavy atom. The third-order valence-corrected chi connectivity index (χ3v) is 3.35. The van der Waals surface area contributed by atoms with E-state index >= 15 is 0 Å². The van der Waals surface area contributed by atoms with Crippen LogP contribution in [0.4, 0.5) is 0 Å². The van der Waals surface area contributed by atoms with Crippen LogP contribution in [0.3, 0.4) is 0 Å². The van der Waals surface area contributed by atoms with Crippen LogP contribution in [0.5, 0.6) is 0 Å². The molecular formula is C12H22ClNO2. The molecule has 0 aromatic rings. The molecule has 0 aromatic heterocycles. The Morgan fingerprint density at radius 3 is 2.75 bits per heavy atom. The van der Waals surface area contributed by atoms with E-state index in [1.165, 1.54) is 32.1 Å². The maximum absolute atomic E-state index is 11.6. The molecule has 1 amide bonds. The van der Waals surface area contributed by atoms with Crippen molar-refractivity contribution in [2.24, 2.45) is 5.92 Å². The monoisotopic (exact) mass is 247 g/mol. The summed E-state index contributed by atoms with van der Waals surface area (Å²) in [7, 11) is 1.61. The molecular weight excluding hydrogens is 226 g/mol. The Hall–Kier alpha value is -0.280. The molecule has 0 saturated heterocycles. The van der Waals surface area contributed by atoms with Crippen LogP contribution >= 0.6 is 11.6 Å². The van der Waals surface area contributed by atoms with Crippen molar-refractivity contribution >= 4 is 17.5 Å². The molecule has 0 radical (unpaired) electrons. The predicted octanol–water partition coefficient (Wildman–Crippen LogP) is 2.33. The van der Waals surface area contributed by atoms with Gasteiger partial charge in [0.1, 0.15) is 0 Å². The third-order valence-electron chi connectivity index (χ3n) is 3.07. The summed E-state index contributed by atoms with van der Waals surface area (Å²) in [5.41, 5.74) is 0. The number of hydrogen-bond donors (Lipinski definition) is 1. The minimum absolute atomic E-state index is 0.125. The Bertz CT molecular complexity index is 205. The van der Waals surface area contributed by atoms with E-state index in [4.69, 9.17) is 16.3 Å². The smallest absolute Gasteiger partial charge is 0.220 e. The molecule has 94 valence electrons. The zero-order valence-corrected chi connectivity index (χ0v) is 10.8. The van der Waals surface area contributed by atoms with Crippen LogP contribution in [0, 0.1) is 5.92 Å². The van der Waals surface area contributed by atoms with Crippen molar-refractivity contribution in [3.63, 3.8) is 0 Å². The number of carbonyl (C=O) groups is 1. The van der Waals surface area contributed by atoms with E-state index in [2.05, 4.69) is 5.32 Å². The summed E-state index contributed by atoms with van der Waals surface area (Å²) in [6.07, 6.45) is 6.96. The maximum Gasteiger partial charge on any atom is 0.220 e. The van der Waals surface area contributed by atoms with Gasteiger partial charge in [0, 0.05) is 20.1 Å². The molecule has 1 N–H and O–H groups in total. The first-order chi connectivity index (χ1) is 7.72. The lowest BCUT2D eigenvalue weighted by Gasteiger charge is -2.21. The maximum atomic E-state index is 11.6. The highest BCUT2D eigenvalue weighted by molar-refractivity contribution is 6.21. The molecule has 1 aliphatic carbocycles. The van der Waals surface area contributed by atoms with E-state index in [0.29, 0.717) is 25.5 Å². The molecule has 1 fully saturated rings. The number of carbonyl (C=O) groups excluding carboxylic acids is 1. The number of halogens is 1. The highest BCUT2D eigenvalue weighted by atomic mass is 35.5. The first kappa shape index (κ1) is 13.8. The van der Waals surface area contributed by atoms with E-state index in [9.17, 15) is 4.79 Å². The standard InChI is InChI=1S/C12H22ClNO2/c1-16-9-11(13)8-14-12(15)7-10-5-3-2-4-6-10/h10-11H,2-9H2,1H3,(H,14,15). The van der Waals surface area contributed by atoms with Crippen molar-refractivity contribution in [3.05, 3.63) is 0 Å². The number of methoxy groups -OCH3 is 1. The summed E-state index contributed by atoms with van der Waals surface area (Å²) in [6, 6.07) is 0. The van der Waals surface area contributed by atoms with Gasteiger partial charge in [0.2, 0.25) is 5.91 Å². The average molecular weight is 248 g/mol. The zero-order chi connectivity index (χ0) is 11.8. The van der Waals surface area contributed by atoms with Gasteiger partial charge in [-0.05, 0) is 18.8 Å². The summed E-state index contributed by atoms with van der Waals surface area (Å²) in [5.74, 6) is 0.721. The number of nitrogens with one attached hydrogen (secondary N) is 1. The molecule has 16 heavy (non-hydrogen) atoms. The lowest BCUT2D eigenvalue weighted by atomic mass is 9.87. The fourth-order valence-corrected chi connectivity index (χ4v) is 2.39. The van der Waals surface area contributed by atoms with Crippen LogP contribution in [0.2, 0.25) is 0 Å². The van der Waals surface area contributed by atoms with Crippen LogP contribution in [-0.4, -0.2) is 31.5 Å². The first-order valence-electron chi connectivity index (χ1n) is 6.12. The molecule has 1 saturated carbocycles. The second kappa shape index (κ2) is 7.91. The van der Waals surface area contributed by atoms with Crippen molar-refractivity contribution < 1.29 is 9.53 Å². The van der Waals surface area contributed by atoms with Gasteiger partial charge in [0.25, 0.3) is 0 Å². The first-order valence-corrected chi connectivity index (χ1v) is 6.55. The van der Waals surface area contributed by atoms with Crippen LogP contribution in [0.15, 0.2) is 0 Å². The van der Waals surface area contributed by atoms with E-state index in [0.717, 1.165) is 0 Å². The van der Waals surface area contributed by atoms with Crippen LogP contribution in [0.25, 0.3) is 0 Å². The Labute approximate surface area is 103 Å². The molecule has 1 rings (SSSR count). The number of ether oxygens (including phenoxy) is 1. The van der Waals surface area contributed by atoms with Gasteiger partial charge in [0.15, 0.2) is 0 Å². The minimum Gasteiger partial charge on any atom is -0.383 e. The summed E-state index contributed by atoms with van der Waals surface area (Å²) in [6.45, 7) is 0.978. The van der Waals surface area contributed by atoms with Crippen LogP contribution in [-0.2, 0) is 9.53 Å². The fraction of sp³-hybridized carbons (Fsp3) is 0.917. The Balaban J connectivity index is 2.10. The Kier molecular flexibility index (Phi) is 6.81. The van der Waals surface area contributed by atoms with Crippen molar-refractivity contribution in [1.82, 2.24) is 5.32 Å². The quantitative estimate of drug-likeness (QED) is 0.732. The summed E-state index contributed by atoms with van der Waals surface area (Å²) in [5, 5.41) is 2.74. The molecule has 4 heteroatoms. The van der Waals surface area contributed by atoms with Gasteiger partial charge in [-0.15, -0.1) is 11.6 Å². The van der Waals surface area contributed by atoms with Gasteiger partial charge < -0.3 is 10.1 Å². The molecule has 0 aromatic carbocycles. The SMILES string of the molecule is COCC(Cl)CNC(=O)CC1CCCCC1. The lowest BCUT2D eigenvalue weighted by Crippen LogP contribution is -2.33. The predicted molar refractivity (Wildman–Crippen MR) is 65.7 cm³/mol. The number of rotatable bonds is 6. The van der Waals surface area contributed by atoms with Crippen molar-refractivity contribution in [2.45, 2.75) is 43.9 Å². The summed E-state index contributed by atoms with van der Waals surface area (Å²) < 4.78 is 4.90. The number of alkyl halides is 1. The van der Waals surface area contributed by atoms with Crippen molar-refractivity contribution in [3.8, 4) is 0 Å². The molecule has 1 aliphatic rings. The highest BCUT2D eigenvalue weighted by Crippen LogP contribution is 2.25. The van der Waals surface area contributed by atoms with E-state index in [1.807, 2.05) is 0 Å². The van der Waals surface area contributed by atoms with Crippen LogP contribution in [0.1, 0.15) is 38.5 Å². The van der Waals surface area contributed by atoms with Crippen molar-refractivity contribution in [2.75, 3.05) is 20.3 Å². The van der Waals surface area contributed by atoms with Crippen LogP contribution < -0.4 is 5.32 Å². The molecule has 1 unspecified atom stereocenters. The van der Waals surface area contributed by atoms with Gasteiger partial charge in [-0.1, -0.05) is 19.3 Å². The molecule has 0 bridgehead atoms. The second-order valence-electron chi connectivity index (χ2n) is 4.56. The number of amides is 1. The van der Waals surface area contributed by atoms with Gasteiger partial charge in [-0.3, -0.25) is 4.79 Å². The topological polar surface area (TPSA) is 38.3 Å². The van der Waals surface area contributed by atoms with E-state index < -0.39 is 0 Å². The zero-order valence-electron chi connectivity index (χ0n) is 10.0. The second-order valence-corrected chi connectivity index (χ2v) is 5.18. The van der Waals surface area contributed by atoms with E-state index in [1.54, 1.807) is 7.11 Å². The normalized spacial score (nSPS) is 19.4. The summed E-state index contributed by atoms with van der Waals surface area (Å²) >= 11 is 5.93. The van der Waals surface area contributed by atoms with Gasteiger partial charge in [-0.25, -0.2) is 0 Å². The van der Waals surface area contributed by atoms with E-state index in [-0.39, 0.29) is 11.3 Å². The molecule has 0 aliphatic heterocycles. The average Bonchev–Trinajstić information content (AvgIpc) is 2.28. The Morgan fingerprint density at radius 1 is 1.44 bits per heavy atom. The van der Waals surface area contributed by atoms with Crippen molar-refractivity contribution in [1.29, 1.82) is 0 Å². The molecule has 1 atom stereocenters. The largest absolute Gasteiger partial charge is 0.383 e. The molecule has 3 nitrogen and oxygen atoms in total. The fourth-order valence-electron chi connectivity index (χ4n) is 2.19. The number of hydrogen-bond acceptors (Lipinski definition) is 2. The molecule has 0 spiro atoms. The third kappa shape index (κ3) is 5.71. The minimum atomic E-state index is -0.125. The van der Waals surface area contributed by atoms with Gasteiger partial charge in [0.05, 0.1) is 12.0 Å². The lowest BCUT2D eigenvalue weighted by molar-refractivity contribution is -0.122.